The Kier molecular flexibility index (Phi) is 3.99. The van der Waals surface area contributed by atoms with Gasteiger partial charge in [-0.1, -0.05) is 60.1 Å². The van der Waals surface area contributed by atoms with Crippen molar-refractivity contribution in [3.05, 3.63) is 95.0 Å². The van der Waals surface area contributed by atoms with Crippen LogP contribution in [0.25, 0.3) is 42.4 Å². The van der Waals surface area contributed by atoms with Crippen LogP contribution in [0.5, 0.6) is 0 Å². The quantitative estimate of drug-likeness (QED) is 0.214. The zero-order valence-corrected chi connectivity index (χ0v) is 21.7. The fraction of sp³-hybridized carbons (Fsp3) is 0.294. The van der Waals surface area contributed by atoms with E-state index < -0.39 is 0 Å². The van der Waals surface area contributed by atoms with Crippen molar-refractivity contribution in [3.63, 3.8) is 0 Å². The SMILES string of the molecule is Clc1ccc2c(c1)C1(c3cc(-c4cccc5sc6ccccc6c45)ccc3-2)C2CC3CC(C2)CC1C3. The Morgan fingerprint density at radius 2 is 1.33 bits per heavy atom. The Balaban J connectivity index is 1.33. The molecule has 5 aliphatic rings. The molecular formula is C34H27ClS. The van der Waals surface area contributed by atoms with Gasteiger partial charge < -0.3 is 0 Å². The van der Waals surface area contributed by atoms with Crippen molar-refractivity contribution in [3.8, 4) is 22.3 Å². The van der Waals surface area contributed by atoms with Crippen LogP contribution < -0.4 is 0 Å². The Bertz CT molecular complexity index is 1690. The molecule has 0 N–H and O–H groups in total. The molecule has 0 nitrogen and oxygen atoms in total. The highest BCUT2D eigenvalue weighted by molar-refractivity contribution is 7.25. The van der Waals surface area contributed by atoms with Crippen molar-refractivity contribution in [2.45, 2.75) is 37.5 Å². The number of benzene rings is 4. The molecule has 36 heavy (non-hydrogen) atoms. The van der Waals surface area contributed by atoms with E-state index in [1.54, 1.807) is 5.56 Å². The second-order valence-corrected chi connectivity index (χ2v) is 13.4. The average molecular weight is 503 g/mol. The summed E-state index contributed by atoms with van der Waals surface area (Å²) in [4.78, 5) is 0. The van der Waals surface area contributed by atoms with Crippen LogP contribution in [0.2, 0.25) is 5.02 Å². The van der Waals surface area contributed by atoms with Crippen molar-refractivity contribution < 1.29 is 0 Å². The van der Waals surface area contributed by atoms with Gasteiger partial charge in [0.2, 0.25) is 0 Å². The summed E-state index contributed by atoms with van der Waals surface area (Å²) in [6.07, 6.45) is 7.06. The summed E-state index contributed by atoms with van der Waals surface area (Å²) in [5.74, 6) is 3.39. The van der Waals surface area contributed by atoms with E-state index in [9.17, 15) is 0 Å². The summed E-state index contributed by atoms with van der Waals surface area (Å²) in [6.45, 7) is 0. The van der Waals surface area contributed by atoms with Gasteiger partial charge in [-0.3, -0.25) is 0 Å². The Hall–Kier alpha value is -2.61. The van der Waals surface area contributed by atoms with Crippen LogP contribution in [0.4, 0.5) is 0 Å². The van der Waals surface area contributed by atoms with Crippen molar-refractivity contribution in [2.24, 2.45) is 23.7 Å². The maximum absolute atomic E-state index is 6.70. The monoisotopic (exact) mass is 502 g/mol. The van der Waals surface area contributed by atoms with Crippen LogP contribution in [0.1, 0.15) is 43.2 Å². The van der Waals surface area contributed by atoms with Gasteiger partial charge in [0, 0.05) is 30.6 Å². The van der Waals surface area contributed by atoms with Crippen molar-refractivity contribution >= 4 is 43.1 Å². The van der Waals surface area contributed by atoms with Gasteiger partial charge >= 0.3 is 0 Å². The molecule has 0 atom stereocenters. The van der Waals surface area contributed by atoms with Crippen LogP contribution in [-0.4, -0.2) is 0 Å². The number of hydrogen-bond donors (Lipinski definition) is 0. The van der Waals surface area contributed by atoms with Crippen molar-refractivity contribution in [1.82, 2.24) is 0 Å². The molecule has 1 aromatic heterocycles. The summed E-state index contributed by atoms with van der Waals surface area (Å²) in [7, 11) is 0. The summed E-state index contributed by atoms with van der Waals surface area (Å²) < 4.78 is 2.76. The minimum absolute atomic E-state index is 0.142. The molecule has 0 amide bonds. The minimum atomic E-state index is 0.142. The van der Waals surface area contributed by atoms with E-state index in [0.29, 0.717) is 0 Å². The van der Waals surface area contributed by atoms with E-state index in [1.165, 1.54) is 80.1 Å². The molecule has 5 aromatic rings. The lowest BCUT2D eigenvalue weighted by Gasteiger charge is -2.61. The van der Waals surface area contributed by atoms with Gasteiger partial charge in [0.1, 0.15) is 0 Å². The third-order valence-corrected chi connectivity index (χ3v) is 11.7. The topological polar surface area (TPSA) is 0 Å². The van der Waals surface area contributed by atoms with Crippen LogP contribution in [0.3, 0.4) is 0 Å². The largest absolute Gasteiger partial charge is 0.135 e. The molecular weight excluding hydrogens is 476 g/mol. The van der Waals surface area contributed by atoms with Crippen LogP contribution in [-0.2, 0) is 5.41 Å². The van der Waals surface area contributed by atoms with Gasteiger partial charge in [-0.25, -0.2) is 0 Å². The Morgan fingerprint density at radius 3 is 2.14 bits per heavy atom. The van der Waals surface area contributed by atoms with E-state index in [-0.39, 0.29) is 5.41 Å². The lowest BCUT2D eigenvalue weighted by molar-refractivity contribution is -0.0399. The average Bonchev–Trinajstić information content (AvgIpc) is 3.40. The third kappa shape index (κ3) is 2.47. The minimum Gasteiger partial charge on any atom is -0.135 e. The number of fused-ring (bicyclic) bond motifs is 6. The van der Waals surface area contributed by atoms with Gasteiger partial charge in [-0.2, -0.15) is 0 Å². The van der Waals surface area contributed by atoms with Gasteiger partial charge in [-0.05, 0) is 119 Å². The number of hydrogen-bond acceptors (Lipinski definition) is 1. The van der Waals surface area contributed by atoms with Crippen LogP contribution in [0.15, 0.2) is 78.9 Å². The molecule has 1 spiro atoms. The number of thiophene rings is 1. The standard InChI is InChI=1S/C34H27ClS/c35-24-9-11-27-26-10-8-21(25-5-3-7-32-33(25)28-4-1-2-6-31(28)36-32)17-29(26)34(30(27)18-24)22-13-19-12-20(15-22)16-23(34)14-19/h1-11,17-20,22-23H,12-16H2. The highest BCUT2D eigenvalue weighted by atomic mass is 35.5. The molecule has 4 fully saturated rings. The Labute approximate surface area is 220 Å². The first kappa shape index (κ1) is 20.4. The molecule has 10 rings (SSSR count). The van der Waals surface area contributed by atoms with Gasteiger partial charge in [0.15, 0.2) is 0 Å². The molecule has 4 bridgehead atoms. The van der Waals surface area contributed by atoms with E-state index in [1.807, 2.05) is 11.3 Å². The van der Waals surface area contributed by atoms with Gasteiger partial charge in [-0.15, -0.1) is 11.3 Å². The fourth-order valence-electron chi connectivity index (χ4n) is 9.35. The van der Waals surface area contributed by atoms with E-state index >= 15 is 0 Å². The highest BCUT2D eigenvalue weighted by Crippen LogP contribution is 2.69. The molecule has 0 radical (unpaired) electrons. The molecule has 4 saturated carbocycles. The molecule has 176 valence electrons. The maximum atomic E-state index is 6.70. The Morgan fingerprint density at radius 1 is 0.639 bits per heavy atom. The lowest BCUT2D eigenvalue weighted by atomic mass is 9.43. The summed E-state index contributed by atoms with van der Waals surface area (Å²) in [6, 6.07) is 29.9. The first-order valence-corrected chi connectivity index (χ1v) is 14.7. The smallest absolute Gasteiger partial charge is 0.0409 e. The second-order valence-electron chi connectivity index (χ2n) is 11.9. The van der Waals surface area contributed by atoms with E-state index in [4.69, 9.17) is 11.6 Å². The highest BCUT2D eigenvalue weighted by Gasteiger charge is 2.61. The fourth-order valence-corrected chi connectivity index (χ4v) is 10.7. The van der Waals surface area contributed by atoms with Crippen molar-refractivity contribution in [2.75, 3.05) is 0 Å². The predicted molar refractivity (Wildman–Crippen MR) is 153 cm³/mol. The summed E-state index contributed by atoms with van der Waals surface area (Å²) >= 11 is 8.61. The predicted octanol–water partition coefficient (Wildman–Crippen LogP) is 10.1. The van der Waals surface area contributed by atoms with Crippen LogP contribution in [0, 0.1) is 23.7 Å². The molecule has 4 aromatic carbocycles. The van der Waals surface area contributed by atoms with E-state index in [2.05, 4.69) is 78.9 Å². The van der Waals surface area contributed by atoms with Crippen molar-refractivity contribution in [1.29, 1.82) is 0 Å². The summed E-state index contributed by atoms with van der Waals surface area (Å²) in [5, 5.41) is 3.69. The third-order valence-electron chi connectivity index (χ3n) is 10.3. The molecule has 1 heterocycles. The first-order chi connectivity index (χ1) is 17.7. The summed E-state index contributed by atoms with van der Waals surface area (Å²) in [5.41, 5.74) is 8.92. The van der Waals surface area contributed by atoms with Gasteiger partial charge in [0.05, 0.1) is 0 Å². The zero-order valence-electron chi connectivity index (χ0n) is 20.1. The first-order valence-electron chi connectivity index (χ1n) is 13.6. The number of halogens is 1. The van der Waals surface area contributed by atoms with Gasteiger partial charge in [0.25, 0.3) is 0 Å². The molecule has 2 heteroatoms. The zero-order chi connectivity index (χ0) is 23.6. The molecule has 5 aliphatic carbocycles. The van der Waals surface area contributed by atoms with Crippen LogP contribution >= 0.6 is 22.9 Å². The normalized spacial score (nSPS) is 29.4. The molecule has 0 saturated heterocycles. The maximum Gasteiger partial charge on any atom is 0.0409 e. The molecule has 0 unspecified atom stereocenters. The molecule has 0 aliphatic heterocycles. The van der Waals surface area contributed by atoms with E-state index in [0.717, 1.165) is 28.7 Å². The second kappa shape index (κ2) is 7.03. The lowest BCUT2D eigenvalue weighted by Crippen LogP contribution is -2.55. The number of rotatable bonds is 1.